The summed E-state index contributed by atoms with van der Waals surface area (Å²) < 4.78 is 27.9. The first kappa shape index (κ1) is 25.4. The number of aliphatic hydroxyl groups excluding tert-OH is 1. The van der Waals surface area contributed by atoms with Crippen molar-refractivity contribution in [1.29, 1.82) is 0 Å². The van der Waals surface area contributed by atoms with Gasteiger partial charge in [0, 0.05) is 38.9 Å². The minimum Gasteiger partial charge on any atom is -0.436 e. The second kappa shape index (κ2) is 11.8. The minimum atomic E-state index is -0.597. The fourth-order valence-corrected chi connectivity index (χ4v) is 4.17. The standard InChI is InChI=1S/C28H36FN3O3/c1-20(2)18-34-19-23(33)16-32(15-21-13-14-21)17-24-27(22-9-5-4-6-10-22)30-31(3)28(24)35-26-12-8-7-11-25(26)29/h4-12,20-21,23,33H,13-19H2,1-3H3. The first-order valence-electron chi connectivity index (χ1n) is 12.4. The number of aliphatic hydroxyl groups is 1. The molecule has 1 fully saturated rings. The Labute approximate surface area is 207 Å². The average molecular weight is 482 g/mol. The van der Waals surface area contributed by atoms with Crippen molar-refractivity contribution >= 4 is 0 Å². The highest BCUT2D eigenvalue weighted by Gasteiger charge is 2.29. The van der Waals surface area contributed by atoms with Crippen molar-refractivity contribution < 1.29 is 19.0 Å². The lowest BCUT2D eigenvalue weighted by Gasteiger charge is -2.26. The molecule has 3 aromatic rings. The summed E-state index contributed by atoms with van der Waals surface area (Å²) in [5, 5.41) is 15.5. The molecule has 6 nitrogen and oxygen atoms in total. The number of benzene rings is 2. The van der Waals surface area contributed by atoms with Crippen LogP contribution in [0, 0.1) is 17.7 Å². The molecule has 0 radical (unpaired) electrons. The van der Waals surface area contributed by atoms with Crippen LogP contribution in [0.4, 0.5) is 4.39 Å². The van der Waals surface area contributed by atoms with Gasteiger partial charge in [-0.15, -0.1) is 0 Å². The summed E-state index contributed by atoms with van der Waals surface area (Å²) in [5.74, 6) is 1.29. The van der Waals surface area contributed by atoms with Crippen molar-refractivity contribution in [2.75, 3.05) is 26.3 Å². The number of hydrogen-bond donors (Lipinski definition) is 1. The molecule has 1 aliphatic carbocycles. The van der Waals surface area contributed by atoms with Crippen LogP contribution in [0.5, 0.6) is 11.6 Å². The predicted molar refractivity (Wildman–Crippen MR) is 135 cm³/mol. The number of hydrogen-bond acceptors (Lipinski definition) is 5. The third-order valence-corrected chi connectivity index (χ3v) is 6.00. The number of halogens is 1. The Morgan fingerprint density at radius 2 is 1.80 bits per heavy atom. The third kappa shape index (κ3) is 7.13. The van der Waals surface area contributed by atoms with E-state index in [-0.39, 0.29) is 5.75 Å². The van der Waals surface area contributed by atoms with Crippen LogP contribution in [0.15, 0.2) is 54.6 Å². The molecule has 0 saturated heterocycles. The summed E-state index contributed by atoms with van der Waals surface area (Å²) in [6.45, 7) is 7.00. The molecule has 4 rings (SSSR count). The van der Waals surface area contributed by atoms with Crippen LogP contribution < -0.4 is 4.74 Å². The van der Waals surface area contributed by atoms with Crippen LogP contribution >= 0.6 is 0 Å². The van der Waals surface area contributed by atoms with Crippen LogP contribution in [0.3, 0.4) is 0 Å². The molecule has 188 valence electrons. The lowest BCUT2D eigenvalue weighted by molar-refractivity contribution is 0.00613. The van der Waals surface area contributed by atoms with Crippen LogP contribution in [0.1, 0.15) is 32.3 Å². The SMILES string of the molecule is CC(C)COCC(O)CN(Cc1c(-c2ccccc2)nn(C)c1Oc1ccccc1F)CC1CC1. The maximum absolute atomic E-state index is 14.4. The van der Waals surface area contributed by atoms with E-state index in [9.17, 15) is 9.50 Å². The third-order valence-electron chi connectivity index (χ3n) is 6.00. The molecule has 7 heteroatoms. The van der Waals surface area contributed by atoms with E-state index in [0.29, 0.717) is 44.0 Å². The van der Waals surface area contributed by atoms with E-state index in [0.717, 1.165) is 23.4 Å². The number of nitrogens with zero attached hydrogens (tertiary/aromatic N) is 3. The van der Waals surface area contributed by atoms with Gasteiger partial charge < -0.3 is 14.6 Å². The molecule has 35 heavy (non-hydrogen) atoms. The van der Waals surface area contributed by atoms with Crippen molar-refractivity contribution in [3.63, 3.8) is 0 Å². The quantitative estimate of drug-likeness (QED) is 0.361. The van der Waals surface area contributed by atoms with E-state index >= 15 is 0 Å². The van der Waals surface area contributed by atoms with Gasteiger partial charge in [0.25, 0.3) is 0 Å². The van der Waals surface area contributed by atoms with Gasteiger partial charge in [-0.05, 0) is 36.8 Å². The lowest BCUT2D eigenvalue weighted by Crippen LogP contribution is -2.36. The van der Waals surface area contributed by atoms with E-state index in [1.165, 1.54) is 18.9 Å². The molecule has 1 aromatic heterocycles. The van der Waals surface area contributed by atoms with Crippen molar-refractivity contribution in [3.8, 4) is 22.9 Å². The number of ether oxygens (including phenoxy) is 2. The van der Waals surface area contributed by atoms with E-state index in [4.69, 9.17) is 14.6 Å². The molecular formula is C28H36FN3O3. The van der Waals surface area contributed by atoms with Gasteiger partial charge in [-0.25, -0.2) is 9.07 Å². The average Bonchev–Trinajstić information content (AvgIpc) is 3.59. The highest BCUT2D eigenvalue weighted by molar-refractivity contribution is 5.65. The minimum absolute atomic E-state index is 0.159. The van der Waals surface area contributed by atoms with Crippen LogP contribution in [-0.4, -0.2) is 52.2 Å². The van der Waals surface area contributed by atoms with Gasteiger partial charge in [0.15, 0.2) is 11.6 Å². The van der Waals surface area contributed by atoms with Gasteiger partial charge in [0.05, 0.1) is 18.3 Å². The van der Waals surface area contributed by atoms with Crippen LogP contribution in [-0.2, 0) is 18.3 Å². The van der Waals surface area contributed by atoms with Crippen LogP contribution in [0.25, 0.3) is 11.3 Å². The number of aromatic nitrogens is 2. The first-order valence-corrected chi connectivity index (χ1v) is 12.4. The summed E-state index contributed by atoms with van der Waals surface area (Å²) in [4.78, 5) is 2.25. The fraction of sp³-hybridized carbons (Fsp3) is 0.464. The zero-order valence-corrected chi connectivity index (χ0v) is 20.9. The molecule has 1 N–H and O–H groups in total. The highest BCUT2D eigenvalue weighted by Crippen LogP contribution is 2.36. The van der Waals surface area contributed by atoms with Crippen molar-refractivity contribution in [2.24, 2.45) is 18.9 Å². The van der Waals surface area contributed by atoms with E-state index in [1.54, 1.807) is 22.9 Å². The monoisotopic (exact) mass is 481 g/mol. The van der Waals surface area contributed by atoms with E-state index < -0.39 is 11.9 Å². The Balaban J connectivity index is 1.62. The van der Waals surface area contributed by atoms with Crippen molar-refractivity contribution in [1.82, 2.24) is 14.7 Å². The zero-order valence-electron chi connectivity index (χ0n) is 20.9. The molecule has 1 atom stereocenters. The lowest BCUT2D eigenvalue weighted by atomic mass is 10.1. The van der Waals surface area contributed by atoms with Gasteiger partial charge in [0.1, 0.15) is 5.69 Å². The van der Waals surface area contributed by atoms with Gasteiger partial charge in [-0.1, -0.05) is 56.3 Å². The Hall–Kier alpha value is -2.74. The molecule has 1 heterocycles. The molecule has 0 bridgehead atoms. The smallest absolute Gasteiger partial charge is 0.222 e. The second-order valence-corrected chi connectivity index (χ2v) is 9.88. The predicted octanol–water partition coefficient (Wildman–Crippen LogP) is 5.26. The molecule has 0 amide bonds. The highest BCUT2D eigenvalue weighted by atomic mass is 19.1. The van der Waals surface area contributed by atoms with Gasteiger partial charge in [0.2, 0.25) is 5.88 Å². The molecule has 1 saturated carbocycles. The normalized spacial score (nSPS) is 14.6. The first-order chi connectivity index (χ1) is 16.9. The largest absolute Gasteiger partial charge is 0.436 e. The van der Waals surface area contributed by atoms with Crippen molar-refractivity contribution in [2.45, 2.75) is 39.3 Å². The van der Waals surface area contributed by atoms with Crippen molar-refractivity contribution in [3.05, 3.63) is 66.0 Å². The molecule has 0 spiro atoms. The number of rotatable bonds is 13. The Kier molecular flexibility index (Phi) is 8.55. The maximum atomic E-state index is 14.4. The summed E-state index contributed by atoms with van der Waals surface area (Å²) in [5.41, 5.74) is 2.64. The number of aryl methyl sites for hydroxylation is 1. The van der Waals surface area contributed by atoms with Gasteiger partial charge in [-0.2, -0.15) is 5.10 Å². The summed E-state index contributed by atoms with van der Waals surface area (Å²) in [6, 6.07) is 16.3. The maximum Gasteiger partial charge on any atom is 0.222 e. The second-order valence-electron chi connectivity index (χ2n) is 9.88. The summed E-state index contributed by atoms with van der Waals surface area (Å²) in [6.07, 6.45) is 1.81. The molecule has 2 aromatic carbocycles. The zero-order chi connectivity index (χ0) is 24.8. The number of para-hydroxylation sites is 1. The summed E-state index contributed by atoms with van der Waals surface area (Å²) in [7, 11) is 1.81. The summed E-state index contributed by atoms with van der Waals surface area (Å²) >= 11 is 0. The van der Waals surface area contributed by atoms with Crippen LogP contribution in [0.2, 0.25) is 0 Å². The molecule has 1 unspecified atom stereocenters. The van der Waals surface area contributed by atoms with E-state index in [1.807, 2.05) is 37.4 Å². The molecular weight excluding hydrogens is 445 g/mol. The molecule has 0 aliphatic heterocycles. The van der Waals surface area contributed by atoms with Gasteiger partial charge in [-0.3, -0.25) is 4.90 Å². The Bertz CT molecular complexity index is 1080. The Morgan fingerprint density at radius 1 is 1.09 bits per heavy atom. The molecule has 1 aliphatic rings. The Morgan fingerprint density at radius 3 is 2.49 bits per heavy atom. The van der Waals surface area contributed by atoms with Gasteiger partial charge >= 0.3 is 0 Å². The topological polar surface area (TPSA) is 59.8 Å². The fourth-order valence-electron chi connectivity index (χ4n) is 4.17. The van der Waals surface area contributed by atoms with E-state index in [2.05, 4.69) is 18.7 Å².